The van der Waals surface area contributed by atoms with E-state index in [1.807, 2.05) is 55.5 Å². The fraction of sp³-hybridized carbons (Fsp3) is 0.486. The lowest BCUT2D eigenvalue weighted by Gasteiger charge is -2.46. The summed E-state index contributed by atoms with van der Waals surface area (Å²) >= 11 is 0. The molecule has 2 aromatic carbocycles. The highest BCUT2D eigenvalue weighted by Gasteiger charge is 2.61. The molecule has 1 fully saturated rings. The second-order valence-electron chi connectivity index (χ2n) is 14.5. The molecular formula is C35H49FN2O5Si2. The quantitative estimate of drug-likeness (QED) is 0.212. The second-order valence-corrected chi connectivity index (χ2v) is 23.5. The summed E-state index contributed by atoms with van der Waals surface area (Å²) < 4.78 is 39.1. The van der Waals surface area contributed by atoms with Gasteiger partial charge in [-0.2, -0.15) is 0 Å². The standard InChI is InChI=1S/C35H49FN2O5Si2/c1-10-11-23-35(25-41-45(34(5,6)7,26-18-14-12-15-19-26)27-20-16-13-17-21-27)30(43-44(8,9)33(2,3)4)29(36)31(42-35)38-24-22-28(39)37-32(38)40/h11-24,29-31H,10,25H2,1-9H3,(H,37,39,40)/b23-11+/t29-,30+,31-,35-/m1/s1. The van der Waals surface area contributed by atoms with Gasteiger partial charge in [0.2, 0.25) is 0 Å². The van der Waals surface area contributed by atoms with Crippen molar-refractivity contribution in [3.63, 3.8) is 0 Å². The van der Waals surface area contributed by atoms with Crippen LogP contribution in [0.5, 0.6) is 0 Å². The minimum absolute atomic E-state index is 0.00884. The van der Waals surface area contributed by atoms with Crippen LogP contribution >= 0.6 is 0 Å². The fourth-order valence-corrected chi connectivity index (χ4v) is 11.8. The number of H-pyrrole nitrogens is 1. The Bertz CT molecular complexity index is 1540. The molecule has 3 aromatic rings. The number of alkyl halides is 1. The van der Waals surface area contributed by atoms with E-state index in [-0.39, 0.29) is 16.7 Å². The number of rotatable bonds is 10. The summed E-state index contributed by atoms with van der Waals surface area (Å²) in [6.07, 6.45) is 1.62. The number of nitrogens with one attached hydrogen (secondary N) is 1. The molecule has 1 aliphatic rings. The summed E-state index contributed by atoms with van der Waals surface area (Å²) in [6, 6.07) is 21.7. The summed E-state index contributed by atoms with van der Waals surface area (Å²) in [7, 11) is -5.64. The number of aromatic nitrogens is 2. The first kappa shape index (κ1) is 35.0. The molecule has 2 heterocycles. The molecule has 0 unspecified atom stereocenters. The predicted molar refractivity (Wildman–Crippen MR) is 184 cm³/mol. The van der Waals surface area contributed by atoms with E-state index in [0.717, 1.165) is 14.9 Å². The normalized spacial score (nSPS) is 23.1. The zero-order valence-corrected chi connectivity index (χ0v) is 30.1. The molecule has 1 aromatic heterocycles. The van der Waals surface area contributed by atoms with E-state index in [1.54, 1.807) is 0 Å². The summed E-state index contributed by atoms with van der Waals surface area (Å²) in [4.78, 5) is 27.1. The van der Waals surface area contributed by atoms with Gasteiger partial charge in [-0.25, -0.2) is 9.18 Å². The van der Waals surface area contributed by atoms with Crippen LogP contribution < -0.4 is 21.6 Å². The van der Waals surface area contributed by atoms with Gasteiger partial charge in [-0.1, -0.05) is 121 Å². The van der Waals surface area contributed by atoms with Gasteiger partial charge in [0, 0.05) is 12.3 Å². The van der Waals surface area contributed by atoms with Gasteiger partial charge in [0.25, 0.3) is 13.9 Å². The number of hydrogen-bond donors (Lipinski definition) is 1. The van der Waals surface area contributed by atoms with Gasteiger partial charge in [-0.15, -0.1) is 0 Å². The minimum Gasteiger partial charge on any atom is -0.407 e. The lowest BCUT2D eigenvalue weighted by atomic mass is 9.96. The number of benzene rings is 2. The van der Waals surface area contributed by atoms with E-state index in [2.05, 4.69) is 83.9 Å². The van der Waals surface area contributed by atoms with Crippen LogP contribution in [0.3, 0.4) is 0 Å². The molecule has 244 valence electrons. The Labute approximate surface area is 268 Å². The summed E-state index contributed by atoms with van der Waals surface area (Å²) in [6.45, 7) is 19.0. The van der Waals surface area contributed by atoms with Crippen molar-refractivity contribution < 1.29 is 18.0 Å². The highest BCUT2D eigenvalue weighted by Crippen LogP contribution is 2.48. The molecule has 0 amide bonds. The van der Waals surface area contributed by atoms with Crippen LogP contribution in [0.4, 0.5) is 4.39 Å². The van der Waals surface area contributed by atoms with Gasteiger partial charge in [0.05, 0.1) is 6.61 Å². The highest BCUT2D eigenvalue weighted by atomic mass is 28.4. The number of ether oxygens (including phenoxy) is 1. The van der Waals surface area contributed by atoms with Crippen molar-refractivity contribution in [2.24, 2.45) is 0 Å². The van der Waals surface area contributed by atoms with Crippen molar-refractivity contribution in [1.82, 2.24) is 9.55 Å². The maximum Gasteiger partial charge on any atom is 0.330 e. The molecule has 0 spiro atoms. The van der Waals surface area contributed by atoms with Crippen LogP contribution in [-0.2, 0) is 13.6 Å². The molecule has 1 aliphatic heterocycles. The first-order valence-electron chi connectivity index (χ1n) is 15.7. The SMILES string of the molecule is CC/C=C/[C@]1(CO[Si](c2ccccc2)(c2ccccc2)C(C)(C)C)O[C@@H](n2ccc(=O)[nH]c2=O)[C@H](F)[C@@H]1O[Si](C)(C)C(C)(C)C. The van der Waals surface area contributed by atoms with Crippen LogP contribution in [0, 0.1) is 0 Å². The molecule has 7 nitrogen and oxygen atoms in total. The van der Waals surface area contributed by atoms with Crippen molar-refractivity contribution in [3.05, 3.63) is 106 Å². The molecule has 4 atom stereocenters. The van der Waals surface area contributed by atoms with Crippen LogP contribution in [0.25, 0.3) is 0 Å². The zero-order valence-electron chi connectivity index (χ0n) is 28.1. The summed E-state index contributed by atoms with van der Waals surface area (Å²) in [5.74, 6) is 0. The molecule has 0 saturated carbocycles. The third-order valence-electron chi connectivity index (χ3n) is 9.30. The number of hydrogen-bond acceptors (Lipinski definition) is 5. The van der Waals surface area contributed by atoms with E-state index >= 15 is 4.39 Å². The van der Waals surface area contributed by atoms with E-state index in [4.69, 9.17) is 13.6 Å². The van der Waals surface area contributed by atoms with Gasteiger partial charge >= 0.3 is 5.69 Å². The summed E-state index contributed by atoms with van der Waals surface area (Å²) in [5, 5.41) is 1.62. The number of nitrogens with zero attached hydrogens (tertiary/aromatic N) is 1. The van der Waals surface area contributed by atoms with Crippen molar-refractivity contribution in [3.8, 4) is 0 Å². The lowest BCUT2D eigenvalue weighted by molar-refractivity contribution is -0.0932. The summed E-state index contributed by atoms with van der Waals surface area (Å²) in [5.41, 5.74) is -2.69. The van der Waals surface area contributed by atoms with Crippen LogP contribution in [0.2, 0.25) is 23.2 Å². The average molecular weight is 653 g/mol. The minimum atomic E-state index is -3.07. The fourth-order valence-electron chi connectivity index (χ4n) is 5.87. The Balaban J connectivity index is 1.93. The second kappa shape index (κ2) is 13.1. The van der Waals surface area contributed by atoms with E-state index in [9.17, 15) is 9.59 Å². The smallest absolute Gasteiger partial charge is 0.330 e. The third kappa shape index (κ3) is 6.81. The van der Waals surface area contributed by atoms with Crippen molar-refractivity contribution in [2.45, 2.75) is 102 Å². The highest BCUT2D eigenvalue weighted by molar-refractivity contribution is 6.99. The Kier molecular flexibility index (Phi) is 10.2. The van der Waals surface area contributed by atoms with Gasteiger partial charge in [-0.05, 0) is 40.0 Å². The number of allylic oxidation sites excluding steroid dienone is 1. The maximum atomic E-state index is 17.0. The zero-order chi connectivity index (χ0) is 33.3. The Morgan fingerprint density at radius 3 is 1.96 bits per heavy atom. The first-order valence-corrected chi connectivity index (χ1v) is 20.5. The molecular weight excluding hydrogens is 604 g/mol. The van der Waals surface area contributed by atoms with Crippen molar-refractivity contribution in [1.29, 1.82) is 0 Å². The Morgan fingerprint density at radius 1 is 0.933 bits per heavy atom. The van der Waals surface area contributed by atoms with Crippen LogP contribution in [0.15, 0.2) is 94.7 Å². The lowest BCUT2D eigenvalue weighted by Crippen LogP contribution is -2.68. The van der Waals surface area contributed by atoms with Gasteiger partial charge in [0.1, 0.15) is 11.7 Å². The molecule has 45 heavy (non-hydrogen) atoms. The van der Waals surface area contributed by atoms with E-state index in [0.29, 0.717) is 6.42 Å². The monoisotopic (exact) mass is 652 g/mol. The topological polar surface area (TPSA) is 82.5 Å². The van der Waals surface area contributed by atoms with Gasteiger partial charge in [0.15, 0.2) is 20.7 Å². The van der Waals surface area contributed by atoms with Gasteiger partial charge in [-0.3, -0.25) is 14.3 Å². The molecule has 1 N–H and O–H groups in total. The average Bonchev–Trinajstić information content (AvgIpc) is 3.22. The first-order chi connectivity index (χ1) is 21.0. The molecule has 10 heteroatoms. The third-order valence-corrected chi connectivity index (χ3v) is 18.7. The largest absolute Gasteiger partial charge is 0.407 e. The molecule has 1 saturated heterocycles. The maximum absolute atomic E-state index is 17.0. The Hall–Kier alpha value is -2.90. The number of aromatic amines is 1. The van der Waals surface area contributed by atoms with Crippen molar-refractivity contribution >= 4 is 27.0 Å². The number of halogens is 1. The van der Waals surface area contributed by atoms with E-state index in [1.165, 1.54) is 12.3 Å². The van der Waals surface area contributed by atoms with E-state index < -0.39 is 52.0 Å². The van der Waals surface area contributed by atoms with Crippen molar-refractivity contribution in [2.75, 3.05) is 6.61 Å². The molecule has 4 rings (SSSR count). The predicted octanol–water partition coefficient (Wildman–Crippen LogP) is 6.08. The molecule has 0 radical (unpaired) electrons. The molecule has 0 aliphatic carbocycles. The Morgan fingerprint density at radius 2 is 1.49 bits per heavy atom. The van der Waals surface area contributed by atoms with Crippen LogP contribution in [-0.4, -0.2) is 50.7 Å². The van der Waals surface area contributed by atoms with Crippen LogP contribution in [0.1, 0.15) is 61.1 Å². The molecule has 0 bridgehead atoms. The van der Waals surface area contributed by atoms with Gasteiger partial charge < -0.3 is 13.6 Å².